The number of aliphatic hydroxyl groups is 1. The topological polar surface area (TPSA) is 81.2 Å². The largest absolute Gasteiger partial charge is 0.394 e. The fraction of sp³-hybridized carbons (Fsp3) is 0.759. The fourth-order valence-electron chi connectivity index (χ4n) is 6.96. The Bertz CT molecular complexity index is 910. The lowest BCUT2D eigenvalue weighted by Crippen LogP contribution is -2.59. The Hall–Kier alpha value is -1.80. The van der Waals surface area contributed by atoms with E-state index < -0.39 is 33.4 Å². The Morgan fingerprint density at radius 1 is 1.16 bits per heavy atom. The van der Waals surface area contributed by atoms with E-state index in [-0.39, 0.29) is 36.3 Å². The summed E-state index contributed by atoms with van der Waals surface area (Å²) in [6, 6.07) is -1.27. The van der Waals surface area contributed by atoms with Crippen LogP contribution in [0.2, 0.25) is 0 Å². The molecule has 37 heavy (non-hydrogen) atoms. The molecule has 7 nitrogen and oxygen atoms in total. The first-order valence-electron chi connectivity index (χ1n) is 13.9. The molecular weight excluding hydrogens is 486 g/mol. The maximum atomic E-state index is 14.5. The molecule has 0 aromatic rings. The maximum absolute atomic E-state index is 14.5. The SMILES string of the molecule is C=CCN(CCC)C(=O)[C@H]1[C@H]2C(=O)N([C@@H](CO)[C@@H](C)CC)C(C(=O)N(CC=C)C(C)C)C23CC[C@]1(C)S3. The van der Waals surface area contributed by atoms with Crippen molar-refractivity contribution in [3.05, 3.63) is 25.3 Å². The Labute approximate surface area is 227 Å². The highest BCUT2D eigenvalue weighted by atomic mass is 32.2. The number of thioether (sulfide) groups is 1. The van der Waals surface area contributed by atoms with Gasteiger partial charge in [-0.25, -0.2) is 0 Å². The minimum Gasteiger partial charge on any atom is -0.394 e. The van der Waals surface area contributed by atoms with Crippen LogP contribution in [0.4, 0.5) is 0 Å². The molecule has 0 saturated carbocycles. The van der Waals surface area contributed by atoms with Crippen molar-refractivity contribution in [3.8, 4) is 0 Å². The van der Waals surface area contributed by atoms with Gasteiger partial charge in [0.25, 0.3) is 0 Å². The Kier molecular flexibility index (Phi) is 9.26. The number of rotatable bonds is 13. The van der Waals surface area contributed by atoms with Gasteiger partial charge in [0.15, 0.2) is 0 Å². The fourth-order valence-corrected chi connectivity index (χ4v) is 9.29. The van der Waals surface area contributed by atoms with Crippen LogP contribution in [0.15, 0.2) is 25.3 Å². The van der Waals surface area contributed by atoms with E-state index in [9.17, 15) is 19.5 Å². The normalized spacial score (nSPS) is 31.8. The first kappa shape index (κ1) is 29.8. The molecule has 1 spiro atoms. The number of hydrogen-bond donors (Lipinski definition) is 1. The van der Waals surface area contributed by atoms with Crippen molar-refractivity contribution in [2.45, 2.75) is 94.8 Å². The van der Waals surface area contributed by atoms with Crippen LogP contribution in [0.25, 0.3) is 0 Å². The van der Waals surface area contributed by atoms with Crippen LogP contribution in [-0.2, 0) is 14.4 Å². The minimum absolute atomic E-state index is 0.00988. The van der Waals surface area contributed by atoms with Crippen LogP contribution >= 0.6 is 11.8 Å². The first-order valence-corrected chi connectivity index (χ1v) is 14.7. The zero-order valence-corrected chi connectivity index (χ0v) is 24.4. The molecular formula is C29H47N3O4S. The highest BCUT2D eigenvalue weighted by Crippen LogP contribution is 2.72. The van der Waals surface area contributed by atoms with Crippen molar-refractivity contribution < 1.29 is 19.5 Å². The van der Waals surface area contributed by atoms with Gasteiger partial charge in [0, 0.05) is 30.4 Å². The Morgan fingerprint density at radius 3 is 2.32 bits per heavy atom. The lowest BCUT2D eigenvalue weighted by molar-refractivity contribution is -0.149. The molecule has 3 saturated heterocycles. The second-order valence-electron chi connectivity index (χ2n) is 11.6. The van der Waals surface area contributed by atoms with Gasteiger partial charge in [-0.05, 0) is 46.0 Å². The van der Waals surface area contributed by atoms with E-state index in [2.05, 4.69) is 20.1 Å². The maximum Gasteiger partial charge on any atom is 0.247 e. The summed E-state index contributed by atoms with van der Waals surface area (Å²) in [5, 5.41) is 10.5. The summed E-state index contributed by atoms with van der Waals surface area (Å²) in [5.41, 5.74) is 0. The van der Waals surface area contributed by atoms with Gasteiger partial charge in [0.2, 0.25) is 17.7 Å². The monoisotopic (exact) mass is 533 g/mol. The summed E-state index contributed by atoms with van der Waals surface area (Å²) in [6.07, 6.45) is 6.53. The quantitative estimate of drug-likeness (QED) is 0.365. The minimum atomic E-state index is -0.720. The zero-order valence-electron chi connectivity index (χ0n) is 23.6. The van der Waals surface area contributed by atoms with Gasteiger partial charge >= 0.3 is 0 Å². The second-order valence-corrected chi connectivity index (χ2v) is 13.5. The predicted molar refractivity (Wildman–Crippen MR) is 150 cm³/mol. The van der Waals surface area contributed by atoms with Gasteiger partial charge in [0.1, 0.15) is 6.04 Å². The predicted octanol–water partition coefficient (Wildman–Crippen LogP) is 3.72. The molecule has 3 fully saturated rings. The molecule has 2 bridgehead atoms. The number of aliphatic hydroxyl groups excluding tert-OH is 1. The van der Waals surface area contributed by atoms with Crippen LogP contribution in [0.1, 0.15) is 67.2 Å². The zero-order chi connectivity index (χ0) is 27.7. The molecule has 1 N–H and O–H groups in total. The molecule has 3 rings (SSSR count). The van der Waals surface area contributed by atoms with Crippen LogP contribution in [0, 0.1) is 17.8 Å². The smallest absolute Gasteiger partial charge is 0.247 e. The van der Waals surface area contributed by atoms with Crippen molar-refractivity contribution in [3.63, 3.8) is 0 Å². The van der Waals surface area contributed by atoms with Gasteiger partial charge in [-0.2, -0.15) is 0 Å². The third-order valence-electron chi connectivity index (χ3n) is 8.95. The third-order valence-corrected chi connectivity index (χ3v) is 10.9. The Morgan fingerprint density at radius 2 is 1.81 bits per heavy atom. The molecule has 2 unspecified atom stereocenters. The van der Waals surface area contributed by atoms with Crippen molar-refractivity contribution in [1.82, 2.24) is 14.7 Å². The number of carbonyl (C=O) groups is 3. The number of amides is 3. The van der Waals surface area contributed by atoms with E-state index in [0.717, 1.165) is 19.3 Å². The molecule has 0 aromatic carbocycles. The molecule has 3 aliphatic heterocycles. The molecule has 0 aromatic heterocycles. The van der Waals surface area contributed by atoms with E-state index >= 15 is 0 Å². The number of carbonyl (C=O) groups excluding carboxylic acids is 3. The molecule has 3 amide bonds. The number of likely N-dealkylation sites (tertiary alicyclic amines) is 1. The summed E-state index contributed by atoms with van der Waals surface area (Å²) in [4.78, 5) is 48.3. The van der Waals surface area contributed by atoms with Crippen molar-refractivity contribution in [2.24, 2.45) is 17.8 Å². The van der Waals surface area contributed by atoms with Gasteiger partial charge in [-0.1, -0.05) is 39.3 Å². The van der Waals surface area contributed by atoms with E-state index in [1.807, 2.05) is 39.5 Å². The third kappa shape index (κ3) is 4.77. The van der Waals surface area contributed by atoms with E-state index in [1.165, 1.54) is 0 Å². The summed E-state index contributed by atoms with van der Waals surface area (Å²) in [7, 11) is 0. The number of fused-ring (bicyclic) bond motifs is 1. The highest BCUT2D eigenvalue weighted by Gasteiger charge is 2.78. The van der Waals surface area contributed by atoms with Crippen LogP contribution in [0.3, 0.4) is 0 Å². The van der Waals surface area contributed by atoms with Crippen LogP contribution in [0.5, 0.6) is 0 Å². The molecule has 208 valence electrons. The van der Waals surface area contributed by atoms with Gasteiger partial charge in [0.05, 0.1) is 29.2 Å². The van der Waals surface area contributed by atoms with E-state index in [1.54, 1.807) is 33.7 Å². The second kappa shape index (κ2) is 11.5. The average molecular weight is 534 g/mol. The van der Waals surface area contributed by atoms with Crippen LogP contribution < -0.4 is 0 Å². The van der Waals surface area contributed by atoms with E-state index in [4.69, 9.17) is 0 Å². The van der Waals surface area contributed by atoms with Gasteiger partial charge in [-0.3, -0.25) is 14.4 Å². The van der Waals surface area contributed by atoms with Crippen molar-refractivity contribution >= 4 is 29.5 Å². The summed E-state index contributed by atoms with van der Waals surface area (Å²) >= 11 is 1.69. The molecule has 7 atom stereocenters. The summed E-state index contributed by atoms with van der Waals surface area (Å²) < 4.78 is -1.11. The molecule has 0 aliphatic carbocycles. The van der Waals surface area contributed by atoms with E-state index in [0.29, 0.717) is 26.1 Å². The van der Waals surface area contributed by atoms with Crippen LogP contribution in [-0.4, -0.2) is 91.4 Å². The van der Waals surface area contributed by atoms with Gasteiger partial charge in [-0.15, -0.1) is 24.9 Å². The first-order chi connectivity index (χ1) is 17.5. The molecule has 3 aliphatic rings. The number of hydrogen-bond acceptors (Lipinski definition) is 5. The Balaban J connectivity index is 2.18. The number of nitrogens with zero attached hydrogens (tertiary/aromatic N) is 3. The highest BCUT2D eigenvalue weighted by molar-refractivity contribution is 8.02. The van der Waals surface area contributed by atoms with Gasteiger partial charge < -0.3 is 19.8 Å². The summed E-state index contributed by atoms with van der Waals surface area (Å²) in [6.45, 7) is 21.1. The lowest BCUT2D eigenvalue weighted by atomic mass is 9.66. The molecule has 8 heteroatoms. The lowest BCUT2D eigenvalue weighted by Gasteiger charge is -2.42. The summed E-state index contributed by atoms with van der Waals surface area (Å²) in [5.74, 6) is -1.35. The average Bonchev–Trinajstić information content (AvgIpc) is 3.42. The standard InChI is InChI=1S/C29H47N3O4S/c1-9-15-30(16-10-2)25(34)22-23-26(35)32(21(18-33)20(7)12-4)24(27(36)31(17-11-3)19(5)6)29(23)14-13-28(22,8)37-29/h9,11,19-24,33H,1,3,10,12-18H2,2,4-8H3/t20-,21-,22+,23-,24?,28-,29?/m0/s1. The van der Waals surface area contributed by atoms with Crippen molar-refractivity contribution in [1.29, 1.82) is 0 Å². The molecule has 0 radical (unpaired) electrons. The molecule has 3 heterocycles. The van der Waals surface area contributed by atoms with Crippen molar-refractivity contribution in [2.75, 3.05) is 26.2 Å².